The lowest BCUT2D eigenvalue weighted by Gasteiger charge is -2.14. The number of phenolic OH excluding ortho intramolecular Hbond substituents is 1. The van der Waals surface area contributed by atoms with Crippen LogP contribution in [0.25, 0.3) is 0 Å². The van der Waals surface area contributed by atoms with E-state index in [9.17, 15) is 9.90 Å². The monoisotopic (exact) mass is 420 g/mol. The molecule has 138 valence electrons. The van der Waals surface area contributed by atoms with E-state index in [1.54, 1.807) is 6.07 Å². The topological polar surface area (TPSA) is 80.2 Å². The minimum atomic E-state index is -0.367. The summed E-state index contributed by atoms with van der Waals surface area (Å²) in [5.41, 5.74) is 3.60. The average Bonchev–Trinajstić information content (AvgIpc) is 2.62. The lowest BCUT2D eigenvalue weighted by Crippen LogP contribution is -2.17. The highest BCUT2D eigenvalue weighted by Gasteiger charge is 2.11. The fourth-order valence-corrected chi connectivity index (χ4v) is 2.69. The van der Waals surface area contributed by atoms with E-state index < -0.39 is 0 Å². The first kappa shape index (κ1) is 19.8. The smallest absolute Gasteiger partial charge is 0.271 e. The number of nitrogens with one attached hydrogen (secondary N) is 1. The van der Waals surface area contributed by atoms with Gasteiger partial charge in [0.2, 0.25) is 0 Å². The minimum absolute atomic E-state index is 0.101. The van der Waals surface area contributed by atoms with E-state index >= 15 is 0 Å². The molecule has 0 radical (unpaired) electrons. The second kappa shape index (κ2) is 9.82. The van der Waals surface area contributed by atoms with E-state index in [1.807, 2.05) is 19.9 Å². The van der Waals surface area contributed by atoms with Gasteiger partial charge in [0.05, 0.1) is 23.9 Å². The van der Waals surface area contributed by atoms with E-state index in [0.717, 1.165) is 16.5 Å². The number of rotatable bonds is 8. The van der Waals surface area contributed by atoms with Crippen LogP contribution in [0.1, 0.15) is 36.2 Å². The molecule has 2 aromatic rings. The van der Waals surface area contributed by atoms with E-state index in [2.05, 4.69) is 26.5 Å². The molecule has 26 heavy (non-hydrogen) atoms. The molecule has 0 aliphatic rings. The highest BCUT2D eigenvalue weighted by Crippen LogP contribution is 2.36. The van der Waals surface area contributed by atoms with Crippen LogP contribution in [0.5, 0.6) is 17.2 Å². The first-order valence-electron chi connectivity index (χ1n) is 8.26. The maximum Gasteiger partial charge on any atom is 0.271 e. The number of hydrazone groups is 1. The van der Waals surface area contributed by atoms with Gasteiger partial charge in [-0.1, -0.05) is 6.92 Å². The van der Waals surface area contributed by atoms with E-state index in [4.69, 9.17) is 9.47 Å². The molecule has 0 saturated carbocycles. The van der Waals surface area contributed by atoms with Gasteiger partial charge < -0.3 is 14.6 Å². The predicted molar refractivity (Wildman–Crippen MR) is 104 cm³/mol. The summed E-state index contributed by atoms with van der Waals surface area (Å²) in [5, 5.41) is 13.2. The number of hydrogen-bond donors (Lipinski definition) is 2. The van der Waals surface area contributed by atoms with Crippen LogP contribution in [-0.2, 0) is 0 Å². The molecule has 1 amide bonds. The van der Waals surface area contributed by atoms with Crippen LogP contribution in [0.2, 0.25) is 0 Å². The summed E-state index contributed by atoms with van der Waals surface area (Å²) in [5.74, 6) is 0.998. The van der Waals surface area contributed by atoms with E-state index in [0.29, 0.717) is 30.3 Å². The molecule has 0 atom stereocenters. The number of amides is 1. The summed E-state index contributed by atoms with van der Waals surface area (Å²) in [6.45, 7) is 5.03. The summed E-state index contributed by atoms with van der Waals surface area (Å²) >= 11 is 3.48. The quantitative estimate of drug-likeness (QED) is 0.497. The average molecular weight is 421 g/mol. The third-order valence-corrected chi connectivity index (χ3v) is 3.88. The Morgan fingerprint density at radius 1 is 1.23 bits per heavy atom. The van der Waals surface area contributed by atoms with Crippen LogP contribution in [0.4, 0.5) is 0 Å². The number of aromatic hydroxyl groups is 1. The maximum atomic E-state index is 12.0. The zero-order chi connectivity index (χ0) is 18.9. The van der Waals surface area contributed by atoms with Crippen LogP contribution in [0.15, 0.2) is 46.0 Å². The van der Waals surface area contributed by atoms with Gasteiger partial charge in [0, 0.05) is 5.56 Å². The molecule has 2 N–H and O–H groups in total. The summed E-state index contributed by atoms with van der Waals surface area (Å²) < 4.78 is 12.1. The fourth-order valence-electron chi connectivity index (χ4n) is 2.11. The summed E-state index contributed by atoms with van der Waals surface area (Å²) in [7, 11) is 0. The highest BCUT2D eigenvalue weighted by molar-refractivity contribution is 9.10. The largest absolute Gasteiger partial charge is 0.508 e. The van der Waals surface area contributed by atoms with E-state index in [1.165, 1.54) is 30.5 Å². The molecule has 0 aliphatic heterocycles. The summed E-state index contributed by atoms with van der Waals surface area (Å²) in [6.07, 6.45) is 2.42. The van der Waals surface area contributed by atoms with Crippen molar-refractivity contribution in [2.45, 2.75) is 20.3 Å². The van der Waals surface area contributed by atoms with Gasteiger partial charge in [-0.05, 0) is 71.2 Å². The van der Waals surface area contributed by atoms with Gasteiger partial charge in [-0.3, -0.25) is 4.79 Å². The molecule has 2 rings (SSSR count). The van der Waals surface area contributed by atoms with Crippen LogP contribution >= 0.6 is 15.9 Å². The number of halogens is 1. The minimum Gasteiger partial charge on any atom is -0.508 e. The van der Waals surface area contributed by atoms with Gasteiger partial charge in [0.15, 0.2) is 11.5 Å². The molecule has 0 fully saturated rings. The molecule has 7 heteroatoms. The Hall–Kier alpha value is -2.54. The van der Waals surface area contributed by atoms with Crippen molar-refractivity contribution in [3.05, 3.63) is 52.0 Å². The SMILES string of the molecule is CCCOc1c(Br)cc(/C=N\NC(=O)c2ccc(O)cc2)cc1OCC. The van der Waals surface area contributed by atoms with Crippen molar-refractivity contribution >= 4 is 28.1 Å². The van der Waals surface area contributed by atoms with Crippen molar-refractivity contribution in [2.75, 3.05) is 13.2 Å². The number of ether oxygens (including phenoxy) is 2. The van der Waals surface area contributed by atoms with Gasteiger partial charge in [-0.25, -0.2) is 5.43 Å². The Labute approximate surface area is 161 Å². The number of carbonyl (C=O) groups is 1. The molecule has 0 spiro atoms. The zero-order valence-corrected chi connectivity index (χ0v) is 16.2. The molecule has 0 unspecified atom stereocenters. The highest BCUT2D eigenvalue weighted by atomic mass is 79.9. The van der Waals surface area contributed by atoms with Crippen molar-refractivity contribution < 1.29 is 19.4 Å². The van der Waals surface area contributed by atoms with Crippen LogP contribution in [0, 0.1) is 0 Å². The molecule has 0 heterocycles. The lowest BCUT2D eigenvalue weighted by molar-refractivity contribution is 0.0955. The van der Waals surface area contributed by atoms with Crippen LogP contribution in [0.3, 0.4) is 0 Å². The number of nitrogens with zero attached hydrogens (tertiary/aromatic N) is 1. The fraction of sp³-hybridized carbons (Fsp3) is 0.263. The molecule has 0 aromatic heterocycles. The Morgan fingerprint density at radius 3 is 2.62 bits per heavy atom. The van der Waals surface area contributed by atoms with Crippen LogP contribution in [-0.4, -0.2) is 30.4 Å². The van der Waals surface area contributed by atoms with Crippen molar-refractivity contribution in [1.29, 1.82) is 0 Å². The van der Waals surface area contributed by atoms with Gasteiger partial charge in [-0.2, -0.15) is 5.10 Å². The Balaban J connectivity index is 2.11. The third kappa shape index (κ3) is 5.49. The Morgan fingerprint density at radius 2 is 1.96 bits per heavy atom. The summed E-state index contributed by atoms with van der Waals surface area (Å²) in [6, 6.07) is 9.56. The van der Waals surface area contributed by atoms with Crippen molar-refractivity contribution in [2.24, 2.45) is 5.10 Å². The van der Waals surface area contributed by atoms with Crippen molar-refractivity contribution in [3.8, 4) is 17.2 Å². The number of benzene rings is 2. The lowest BCUT2D eigenvalue weighted by atomic mass is 10.2. The molecule has 0 bridgehead atoms. The number of hydrogen-bond acceptors (Lipinski definition) is 5. The van der Waals surface area contributed by atoms with Crippen molar-refractivity contribution in [3.63, 3.8) is 0 Å². The zero-order valence-electron chi connectivity index (χ0n) is 14.7. The second-order valence-corrected chi connectivity index (χ2v) is 6.21. The Bertz CT molecular complexity index is 776. The third-order valence-electron chi connectivity index (χ3n) is 3.29. The molecule has 2 aromatic carbocycles. The molecule has 0 saturated heterocycles. The second-order valence-electron chi connectivity index (χ2n) is 5.36. The van der Waals surface area contributed by atoms with Gasteiger partial charge >= 0.3 is 0 Å². The molecule has 6 nitrogen and oxygen atoms in total. The summed E-state index contributed by atoms with van der Waals surface area (Å²) in [4.78, 5) is 12.0. The van der Waals surface area contributed by atoms with Crippen LogP contribution < -0.4 is 14.9 Å². The number of phenols is 1. The van der Waals surface area contributed by atoms with Gasteiger partial charge in [0.1, 0.15) is 5.75 Å². The Kier molecular flexibility index (Phi) is 7.47. The van der Waals surface area contributed by atoms with Gasteiger partial charge in [-0.15, -0.1) is 0 Å². The number of carbonyl (C=O) groups excluding carboxylic acids is 1. The van der Waals surface area contributed by atoms with Gasteiger partial charge in [0.25, 0.3) is 5.91 Å². The first-order valence-corrected chi connectivity index (χ1v) is 9.06. The maximum absolute atomic E-state index is 12.0. The van der Waals surface area contributed by atoms with Crippen molar-refractivity contribution in [1.82, 2.24) is 5.43 Å². The van der Waals surface area contributed by atoms with E-state index in [-0.39, 0.29) is 11.7 Å². The first-order chi connectivity index (χ1) is 12.5. The normalized spacial score (nSPS) is 10.7. The molecular formula is C19H21BrN2O4. The standard InChI is InChI=1S/C19H21BrN2O4/c1-3-9-26-18-16(20)10-13(11-17(18)25-4-2)12-21-22-19(24)14-5-7-15(23)8-6-14/h5-8,10-12,23H,3-4,9H2,1-2H3,(H,22,24)/b21-12-. The molecule has 0 aliphatic carbocycles. The molecular weight excluding hydrogens is 400 g/mol. The predicted octanol–water partition coefficient (Wildman–Crippen LogP) is 4.11.